The van der Waals surface area contributed by atoms with Crippen molar-refractivity contribution in [1.82, 2.24) is 5.32 Å². The largest absolute Gasteiger partial charge is 0.386 e. The zero-order valence-electron chi connectivity index (χ0n) is 9.15. The number of hydrogen-bond donors (Lipinski definition) is 1. The van der Waals surface area contributed by atoms with Gasteiger partial charge in [-0.05, 0) is 39.5 Å². The van der Waals surface area contributed by atoms with Crippen molar-refractivity contribution in [2.75, 3.05) is 0 Å². The van der Waals surface area contributed by atoms with Crippen molar-refractivity contribution in [2.24, 2.45) is 5.92 Å². The summed E-state index contributed by atoms with van der Waals surface area (Å²) in [7, 11) is 0. The van der Waals surface area contributed by atoms with E-state index in [0.29, 0.717) is 6.04 Å². The van der Waals surface area contributed by atoms with E-state index in [2.05, 4.69) is 46.0 Å². The summed E-state index contributed by atoms with van der Waals surface area (Å²) in [6, 6.07) is 0.614. The summed E-state index contributed by atoms with van der Waals surface area (Å²) in [4.78, 5) is 0. The summed E-state index contributed by atoms with van der Waals surface area (Å²) in [5.74, 6) is 0.820. The molecular weight excluding hydrogens is 146 g/mol. The smallest absolute Gasteiger partial charge is 0.0229 e. The fourth-order valence-corrected chi connectivity index (χ4v) is 1.13. The first-order valence-electron chi connectivity index (χ1n) is 4.95. The molecule has 0 radical (unpaired) electrons. The Morgan fingerprint density at radius 2 is 1.83 bits per heavy atom. The Hall–Kier alpha value is -0.460. The second kappa shape index (κ2) is 6.10. The van der Waals surface area contributed by atoms with Gasteiger partial charge < -0.3 is 5.32 Å². The van der Waals surface area contributed by atoms with Gasteiger partial charge in [0.2, 0.25) is 0 Å². The number of nitrogens with one attached hydrogen (secondary N) is 1. The molecule has 0 bridgehead atoms. The van der Waals surface area contributed by atoms with Gasteiger partial charge in [-0.15, -0.1) is 0 Å². The van der Waals surface area contributed by atoms with E-state index < -0.39 is 0 Å². The van der Waals surface area contributed by atoms with Gasteiger partial charge in [0.25, 0.3) is 0 Å². The molecule has 0 aliphatic heterocycles. The minimum Gasteiger partial charge on any atom is -0.386 e. The molecule has 72 valence electrons. The summed E-state index contributed by atoms with van der Waals surface area (Å²) in [5, 5.41) is 3.45. The second-order valence-electron chi connectivity index (χ2n) is 3.99. The van der Waals surface area contributed by atoms with Gasteiger partial charge in [-0.3, -0.25) is 0 Å². The molecule has 0 saturated heterocycles. The summed E-state index contributed by atoms with van der Waals surface area (Å²) in [5.41, 5.74) is 1.28. The predicted octanol–water partition coefficient (Wildman–Crippen LogP) is 3.32. The molecule has 1 N–H and O–H groups in total. The first-order valence-corrected chi connectivity index (χ1v) is 4.95. The maximum atomic E-state index is 3.45. The molecule has 0 aliphatic carbocycles. The quantitative estimate of drug-likeness (QED) is 0.665. The Morgan fingerprint density at radius 3 is 2.25 bits per heavy atom. The van der Waals surface area contributed by atoms with Crippen LogP contribution in [0.2, 0.25) is 0 Å². The summed E-state index contributed by atoms with van der Waals surface area (Å²) in [6.45, 7) is 11.0. The molecule has 1 unspecified atom stereocenters. The van der Waals surface area contributed by atoms with E-state index >= 15 is 0 Å². The summed E-state index contributed by atoms with van der Waals surface area (Å²) < 4.78 is 0. The Labute approximate surface area is 77.2 Å². The number of hydrogen-bond acceptors (Lipinski definition) is 1. The highest BCUT2D eigenvalue weighted by Crippen LogP contribution is 2.07. The van der Waals surface area contributed by atoms with Gasteiger partial charge in [-0.2, -0.15) is 0 Å². The van der Waals surface area contributed by atoms with E-state index in [0.717, 1.165) is 5.92 Å². The van der Waals surface area contributed by atoms with Crippen LogP contribution in [-0.4, -0.2) is 6.04 Å². The van der Waals surface area contributed by atoms with Gasteiger partial charge in [-0.25, -0.2) is 0 Å². The number of allylic oxidation sites excluding steroid dienone is 2. The van der Waals surface area contributed by atoms with E-state index in [9.17, 15) is 0 Å². The van der Waals surface area contributed by atoms with E-state index in [4.69, 9.17) is 0 Å². The van der Waals surface area contributed by atoms with Gasteiger partial charge >= 0.3 is 0 Å². The third-order valence-corrected chi connectivity index (χ3v) is 2.08. The summed E-state index contributed by atoms with van der Waals surface area (Å²) >= 11 is 0. The van der Waals surface area contributed by atoms with Crippen molar-refractivity contribution < 1.29 is 0 Å². The average molecular weight is 169 g/mol. The Bertz CT molecular complexity index is 136. The maximum absolute atomic E-state index is 3.45. The SMILES string of the molecule is C/C=C(\C)NC(C)CCC(C)C. The van der Waals surface area contributed by atoms with Crippen LogP contribution in [0.25, 0.3) is 0 Å². The van der Waals surface area contributed by atoms with Crippen LogP contribution in [0.3, 0.4) is 0 Å². The second-order valence-corrected chi connectivity index (χ2v) is 3.99. The third kappa shape index (κ3) is 6.26. The highest BCUT2D eigenvalue weighted by atomic mass is 14.9. The predicted molar refractivity (Wildman–Crippen MR) is 56.1 cm³/mol. The molecule has 1 heteroatoms. The Morgan fingerprint density at radius 1 is 1.25 bits per heavy atom. The van der Waals surface area contributed by atoms with E-state index in [1.807, 2.05) is 0 Å². The molecule has 12 heavy (non-hydrogen) atoms. The lowest BCUT2D eigenvalue weighted by atomic mass is 10.0. The van der Waals surface area contributed by atoms with Gasteiger partial charge in [0, 0.05) is 11.7 Å². The van der Waals surface area contributed by atoms with Crippen LogP contribution < -0.4 is 5.32 Å². The molecular formula is C11H23N. The van der Waals surface area contributed by atoms with Crippen molar-refractivity contribution in [2.45, 2.75) is 53.5 Å². The van der Waals surface area contributed by atoms with Gasteiger partial charge in [-0.1, -0.05) is 19.9 Å². The fourth-order valence-electron chi connectivity index (χ4n) is 1.13. The number of rotatable bonds is 5. The summed E-state index contributed by atoms with van der Waals surface area (Å²) in [6.07, 6.45) is 4.69. The highest BCUT2D eigenvalue weighted by Gasteiger charge is 2.02. The van der Waals surface area contributed by atoms with Crippen LogP contribution in [0, 0.1) is 5.92 Å². The van der Waals surface area contributed by atoms with Crippen molar-refractivity contribution in [3.8, 4) is 0 Å². The maximum Gasteiger partial charge on any atom is 0.0229 e. The van der Waals surface area contributed by atoms with Crippen LogP contribution in [0.4, 0.5) is 0 Å². The molecule has 0 saturated carbocycles. The van der Waals surface area contributed by atoms with E-state index in [1.54, 1.807) is 0 Å². The zero-order valence-corrected chi connectivity index (χ0v) is 9.15. The van der Waals surface area contributed by atoms with Crippen molar-refractivity contribution in [3.05, 3.63) is 11.8 Å². The van der Waals surface area contributed by atoms with Gasteiger partial charge in [0.1, 0.15) is 0 Å². The molecule has 0 rings (SSSR count). The lowest BCUT2D eigenvalue weighted by Crippen LogP contribution is -2.24. The van der Waals surface area contributed by atoms with Crippen molar-refractivity contribution in [1.29, 1.82) is 0 Å². The molecule has 0 aromatic carbocycles. The minimum atomic E-state index is 0.614. The van der Waals surface area contributed by atoms with Crippen LogP contribution in [0.5, 0.6) is 0 Å². The molecule has 0 heterocycles. The van der Waals surface area contributed by atoms with Crippen LogP contribution in [0.1, 0.15) is 47.5 Å². The first-order chi connectivity index (χ1) is 5.56. The van der Waals surface area contributed by atoms with Crippen molar-refractivity contribution in [3.63, 3.8) is 0 Å². The molecule has 1 atom stereocenters. The molecule has 0 aromatic heterocycles. The fraction of sp³-hybridized carbons (Fsp3) is 0.818. The topological polar surface area (TPSA) is 12.0 Å². The Kier molecular flexibility index (Phi) is 5.87. The van der Waals surface area contributed by atoms with Gasteiger partial charge in [0.15, 0.2) is 0 Å². The molecule has 0 aliphatic rings. The monoisotopic (exact) mass is 169 g/mol. The third-order valence-electron chi connectivity index (χ3n) is 2.08. The molecule has 0 fully saturated rings. The van der Waals surface area contributed by atoms with Gasteiger partial charge in [0.05, 0.1) is 0 Å². The normalized spacial score (nSPS) is 15.0. The van der Waals surface area contributed by atoms with Crippen LogP contribution >= 0.6 is 0 Å². The minimum absolute atomic E-state index is 0.614. The molecule has 0 spiro atoms. The van der Waals surface area contributed by atoms with E-state index in [-0.39, 0.29) is 0 Å². The Balaban J connectivity index is 3.53. The molecule has 0 aromatic rings. The van der Waals surface area contributed by atoms with Crippen LogP contribution in [0.15, 0.2) is 11.8 Å². The lowest BCUT2D eigenvalue weighted by Gasteiger charge is -2.16. The van der Waals surface area contributed by atoms with Crippen molar-refractivity contribution >= 4 is 0 Å². The zero-order chi connectivity index (χ0) is 9.56. The lowest BCUT2D eigenvalue weighted by molar-refractivity contribution is 0.477. The first kappa shape index (κ1) is 11.5. The average Bonchev–Trinajstić information content (AvgIpc) is 2.00. The highest BCUT2D eigenvalue weighted by molar-refractivity contribution is 4.94. The molecule has 0 amide bonds. The van der Waals surface area contributed by atoms with E-state index in [1.165, 1.54) is 18.5 Å². The van der Waals surface area contributed by atoms with Crippen LogP contribution in [-0.2, 0) is 0 Å². The molecule has 1 nitrogen and oxygen atoms in total. The standard InChI is InChI=1S/C11H23N/c1-6-10(4)12-11(5)8-7-9(2)3/h6,9,11-12H,7-8H2,1-5H3/b10-6+.